The smallest absolute Gasteiger partial charge is 0.236 e. The van der Waals surface area contributed by atoms with Crippen LogP contribution in [0.1, 0.15) is 44.6 Å². The molecule has 1 aromatic rings. The van der Waals surface area contributed by atoms with Gasteiger partial charge in [0.15, 0.2) is 0 Å². The fourth-order valence-corrected chi connectivity index (χ4v) is 4.42. The molecule has 0 radical (unpaired) electrons. The maximum Gasteiger partial charge on any atom is 0.236 e. The van der Waals surface area contributed by atoms with Gasteiger partial charge in [-0.3, -0.25) is 9.69 Å². The number of piperazine rings is 1. The van der Waals surface area contributed by atoms with Crippen molar-refractivity contribution in [3.05, 3.63) is 35.9 Å². The first-order valence-corrected chi connectivity index (χ1v) is 10.5. The molecule has 1 aliphatic heterocycles. The highest BCUT2D eigenvalue weighted by molar-refractivity contribution is 5.78. The Morgan fingerprint density at radius 1 is 1.00 bits per heavy atom. The second-order valence-corrected chi connectivity index (χ2v) is 7.82. The molecule has 1 heterocycles. The lowest BCUT2D eigenvalue weighted by Crippen LogP contribution is -2.52. The highest BCUT2D eigenvalue weighted by atomic mass is 16.2. The van der Waals surface area contributed by atoms with Crippen LogP contribution in [0.2, 0.25) is 0 Å². The Labute approximate surface area is 159 Å². The minimum atomic E-state index is 0.345. The van der Waals surface area contributed by atoms with Crippen molar-refractivity contribution in [1.82, 2.24) is 14.7 Å². The predicted molar refractivity (Wildman–Crippen MR) is 107 cm³/mol. The number of hydrogen-bond acceptors (Lipinski definition) is 3. The molecule has 1 saturated heterocycles. The lowest BCUT2D eigenvalue weighted by atomic mass is 9.94. The summed E-state index contributed by atoms with van der Waals surface area (Å²) in [6.07, 6.45) is 7.43. The summed E-state index contributed by atoms with van der Waals surface area (Å²) in [5.41, 5.74) is 1.41. The Morgan fingerprint density at radius 2 is 1.65 bits per heavy atom. The Bertz CT molecular complexity index is 534. The summed E-state index contributed by atoms with van der Waals surface area (Å²) in [7, 11) is 0. The van der Waals surface area contributed by atoms with E-state index >= 15 is 0 Å². The minimum absolute atomic E-state index is 0.345. The molecule has 1 aromatic carbocycles. The number of rotatable bonds is 7. The number of carbonyl (C=O) groups is 1. The van der Waals surface area contributed by atoms with E-state index in [-0.39, 0.29) is 0 Å². The van der Waals surface area contributed by atoms with Gasteiger partial charge in [0.1, 0.15) is 0 Å². The molecule has 2 aliphatic rings. The summed E-state index contributed by atoms with van der Waals surface area (Å²) < 4.78 is 0. The standard InChI is InChI=1S/C22H35N3O/c1-2-25(21-11-7-4-8-12-21)22(26)19-24-17-15-23(16-18-24)14-13-20-9-5-3-6-10-20/h3,5-6,9-10,21H,2,4,7-8,11-19H2,1H3. The molecule has 0 spiro atoms. The van der Waals surface area contributed by atoms with Crippen molar-refractivity contribution < 1.29 is 4.79 Å². The number of amides is 1. The molecule has 4 nitrogen and oxygen atoms in total. The van der Waals surface area contributed by atoms with Crippen molar-refractivity contribution in [2.75, 3.05) is 45.8 Å². The van der Waals surface area contributed by atoms with E-state index < -0.39 is 0 Å². The maximum atomic E-state index is 12.8. The number of carbonyl (C=O) groups excluding carboxylic acids is 1. The third-order valence-corrected chi connectivity index (χ3v) is 6.06. The SMILES string of the molecule is CCN(C(=O)CN1CCN(CCc2ccccc2)CC1)C1CCCCC1. The Hall–Kier alpha value is -1.39. The van der Waals surface area contributed by atoms with Crippen LogP contribution < -0.4 is 0 Å². The van der Waals surface area contributed by atoms with Crippen LogP contribution in [0.25, 0.3) is 0 Å². The van der Waals surface area contributed by atoms with E-state index in [0.29, 0.717) is 18.5 Å². The van der Waals surface area contributed by atoms with E-state index in [4.69, 9.17) is 0 Å². The number of likely N-dealkylation sites (N-methyl/N-ethyl adjacent to an activating group) is 1. The Balaban J connectivity index is 1.39. The van der Waals surface area contributed by atoms with Crippen molar-refractivity contribution in [1.29, 1.82) is 0 Å². The van der Waals surface area contributed by atoms with E-state index in [1.807, 2.05) is 0 Å². The summed E-state index contributed by atoms with van der Waals surface area (Å²) in [5, 5.41) is 0. The largest absolute Gasteiger partial charge is 0.339 e. The van der Waals surface area contributed by atoms with Crippen LogP contribution >= 0.6 is 0 Å². The highest BCUT2D eigenvalue weighted by Crippen LogP contribution is 2.22. The average Bonchev–Trinajstić information content (AvgIpc) is 2.70. The normalized spacial score (nSPS) is 20.2. The molecule has 26 heavy (non-hydrogen) atoms. The third-order valence-electron chi connectivity index (χ3n) is 6.06. The second-order valence-electron chi connectivity index (χ2n) is 7.82. The van der Waals surface area contributed by atoms with Gasteiger partial charge in [0.05, 0.1) is 6.54 Å². The molecule has 0 unspecified atom stereocenters. The van der Waals surface area contributed by atoms with Crippen LogP contribution in [0, 0.1) is 0 Å². The molecule has 0 bridgehead atoms. The second kappa shape index (κ2) is 10.1. The van der Waals surface area contributed by atoms with Crippen molar-refractivity contribution in [3.8, 4) is 0 Å². The summed E-state index contributed by atoms with van der Waals surface area (Å²) in [6.45, 7) is 8.91. The van der Waals surface area contributed by atoms with Crippen LogP contribution in [0.3, 0.4) is 0 Å². The van der Waals surface area contributed by atoms with Crippen molar-refractivity contribution in [2.24, 2.45) is 0 Å². The zero-order chi connectivity index (χ0) is 18.2. The van der Waals surface area contributed by atoms with E-state index in [9.17, 15) is 4.79 Å². The van der Waals surface area contributed by atoms with Gasteiger partial charge >= 0.3 is 0 Å². The van der Waals surface area contributed by atoms with Crippen LogP contribution in [0.5, 0.6) is 0 Å². The van der Waals surface area contributed by atoms with Gasteiger partial charge in [-0.2, -0.15) is 0 Å². The maximum absolute atomic E-state index is 12.8. The fourth-order valence-electron chi connectivity index (χ4n) is 4.42. The lowest BCUT2D eigenvalue weighted by Gasteiger charge is -2.38. The van der Waals surface area contributed by atoms with Gasteiger partial charge in [0.2, 0.25) is 5.91 Å². The molecular weight excluding hydrogens is 322 g/mol. The molecule has 1 saturated carbocycles. The molecule has 3 rings (SSSR count). The zero-order valence-corrected chi connectivity index (χ0v) is 16.4. The zero-order valence-electron chi connectivity index (χ0n) is 16.4. The van der Waals surface area contributed by atoms with Crippen LogP contribution in [-0.4, -0.2) is 72.5 Å². The van der Waals surface area contributed by atoms with Gasteiger partial charge in [0, 0.05) is 45.3 Å². The average molecular weight is 358 g/mol. The first-order chi connectivity index (χ1) is 12.8. The molecule has 1 amide bonds. The van der Waals surface area contributed by atoms with Crippen molar-refractivity contribution >= 4 is 5.91 Å². The highest BCUT2D eigenvalue weighted by Gasteiger charge is 2.26. The molecule has 1 aliphatic carbocycles. The van der Waals surface area contributed by atoms with Gasteiger partial charge < -0.3 is 9.80 Å². The number of benzene rings is 1. The Morgan fingerprint density at radius 3 is 2.31 bits per heavy atom. The topological polar surface area (TPSA) is 26.8 Å². The van der Waals surface area contributed by atoms with Crippen LogP contribution in [-0.2, 0) is 11.2 Å². The summed E-state index contributed by atoms with van der Waals surface area (Å²) in [6, 6.07) is 11.2. The predicted octanol–water partition coefficient (Wildman–Crippen LogP) is 3.03. The minimum Gasteiger partial charge on any atom is -0.339 e. The lowest BCUT2D eigenvalue weighted by molar-refractivity contribution is -0.135. The van der Waals surface area contributed by atoms with Gasteiger partial charge in [-0.25, -0.2) is 0 Å². The quantitative estimate of drug-likeness (QED) is 0.750. The van der Waals surface area contributed by atoms with Gasteiger partial charge in [0.25, 0.3) is 0 Å². The molecule has 4 heteroatoms. The number of hydrogen-bond donors (Lipinski definition) is 0. The van der Waals surface area contributed by atoms with Crippen LogP contribution in [0.15, 0.2) is 30.3 Å². The van der Waals surface area contributed by atoms with E-state index in [1.165, 1.54) is 37.7 Å². The molecule has 2 fully saturated rings. The molecule has 144 valence electrons. The first kappa shape index (κ1) is 19.4. The van der Waals surface area contributed by atoms with Gasteiger partial charge in [-0.1, -0.05) is 49.6 Å². The van der Waals surface area contributed by atoms with Crippen molar-refractivity contribution in [2.45, 2.75) is 51.5 Å². The summed E-state index contributed by atoms with van der Waals surface area (Å²) in [5.74, 6) is 0.345. The monoisotopic (exact) mass is 357 g/mol. The third kappa shape index (κ3) is 5.55. The Kier molecular flexibility index (Phi) is 7.51. The molecular formula is C22H35N3O. The van der Waals surface area contributed by atoms with Gasteiger partial charge in [-0.15, -0.1) is 0 Å². The molecule has 0 N–H and O–H groups in total. The first-order valence-electron chi connectivity index (χ1n) is 10.5. The van der Waals surface area contributed by atoms with E-state index in [0.717, 1.165) is 45.7 Å². The van der Waals surface area contributed by atoms with E-state index in [2.05, 4.69) is 52.0 Å². The summed E-state index contributed by atoms with van der Waals surface area (Å²) in [4.78, 5) is 19.8. The summed E-state index contributed by atoms with van der Waals surface area (Å²) >= 11 is 0. The number of nitrogens with zero attached hydrogens (tertiary/aromatic N) is 3. The van der Waals surface area contributed by atoms with Crippen molar-refractivity contribution in [3.63, 3.8) is 0 Å². The fraction of sp³-hybridized carbons (Fsp3) is 0.682. The molecule has 0 atom stereocenters. The van der Waals surface area contributed by atoms with E-state index in [1.54, 1.807) is 0 Å². The van der Waals surface area contributed by atoms with Crippen LogP contribution in [0.4, 0.5) is 0 Å². The van der Waals surface area contributed by atoms with Gasteiger partial charge in [-0.05, 0) is 31.7 Å². The molecule has 0 aromatic heterocycles.